The topological polar surface area (TPSA) is 93.8 Å². The molecule has 0 fully saturated rings. The van der Waals surface area contributed by atoms with Gasteiger partial charge in [0.2, 0.25) is 0 Å². The van der Waals surface area contributed by atoms with Crippen LogP contribution in [-0.4, -0.2) is 35.8 Å². The Kier molecular flexibility index (Phi) is 6.75. The van der Waals surface area contributed by atoms with E-state index in [1.54, 1.807) is 16.9 Å². The predicted octanol–water partition coefficient (Wildman–Crippen LogP) is 5.55. The van der Waals surface area contributed by atoms with Crippen LogP contribution in [0.15, 0.2) is 47.9 Å². The number of carboxylic acids is 1. The summed E-state index contributed by atoms with van der Waals surface area (Å²) >= 11 is 1.26. The minimum atomic E-state index is -4.55. The molecule has 1 aromatic carbocycles. The van der Waals surface area contributed by atoms with E-state index in [4.69, 9.17) is 5.11 Å². The van der Waals surface area contributed by atoms with Crippen molar-refractivity contribution >= 4 is 28.8 Å². The quantitative estimate of drug-likeness (QED) is 0.200. The monoisotopic (exact) mass is 505 g/mol. The highest BCUT2D eigenvalue weighted by Crippen LogP contribution is 2.32. The van der Waals surface area contributed by atoms with E-state index in [-0.39, 0.29) is 11.6 Å². The number of carbonyl (C=O) groups is 1. The van der Waals surface area contributed by atoms with Crippen LogP contribution < -0.4 is 0 Å². The second kappa shape index (κ2) is 9.61. The van der Waals surface area contributed by atoms with Gasteiger partial charge in [-0.1, -0.05) is 23.9 Å². The Hall–Kier alpha value is -3.54. The van der Waals surface area contributed by atoms with Gasteiger partial charge in [-0.2, -0.15) is 18.3 Å². The summed E-state index contributed by atoms with van der Waals surface area (Å²) < 4.78 is 54.3. The number of rotatable bonds is 7. The van der Waals surface area contributed by atoms with Crippen LogP contribution in [-0.2, 0) is 23.1 Å². The number of fused-ring (bicyclic) bond motifs is 1. The molecule has 0 aliphatic rings. The summed E-state index contributed by atoms with van der Waals surface area (Å²) in [6.07, 6.45) is -2.26. The molecule has 7 nitrogen and oxygen atoms in total. The van der Waals surface area contributed by atoms with Crippen molar-refractivity contribution in [1.82, 2.24) is 24.7 Å². The highest BCUT2D eigenvalue weighted by Gasteiger charge is 2.32. The van der Waals surface area contributed by atoms with E-state index in [2.05, 4.69) is 20.1 Å². The van der Waals surface area contributed by atoms with Crippen molar-refractivity contribution in [2.75, 3.05) is 0 Å². The molecule has 1 N–H and O–H groups in total. The largest absolute Gasteiger partial charge is 0.481 e. The molecular weight excluding hydrogens is 486 g/mol. The maximum Gasteiger partial charge on any atom is 0.433 e. The number of benzene rings is 1. The summed E-state index contributed by atoms with van der Waals surface area (Å²) in [4.78, 5) is 23.4. The molecule has 3 heterocycles. The predicted molar refractivity (Wildman–Crippen MR) is 121 cm³/mol. The third-order valence-electron chi connectivity index (χ3n) is 5.06. The molecular formula is C23H19F4N5O2S. The van der Waals surface area contributed by atoms with E-state index >= 15 is 0 Å². The number of aliphatic carboxylic acids is 1. The molecule has 0 aliphatic heterocycles. The van der Waals surface area contributed by atoms with Gasteiger partial charge in [-0.05, 0) is 43.2 Å². The van der Waals surface area contributed by atoms with Crippen molar-refractivity contribution in [3.8, 4) is 11.3 Å². The molecule has 182 valence electrons. The number of alkyl halides is 3. The molecule has 0 radical (unpaired) electrons. The fourth-order valence-electron chi connectivity index (χ4n) is 3.43. The lowest BCUT2D eigenvalue weighted by Crippen LogP contribution is -2.07. The van der Waals surface area contributed by atoms with Gasteiger partial charge in [0.05, 0.1) is 12.6 Å². The second-order valence-corrected chi connectivity index (χ2v) is 8.93. The van der Waals surface area contributed by atoms with Gasteiger partial charge in [-0.15, -0.1) is 0 Å². The van der Waals surface area contributed by atoms with Gasteiger partial charge in [0, 0.05) is 23.6 Å². The first-order valence-corrected chi connectivity index (χ1v) is 11.4. The van der Waals surface area contributed by atoms with Crippen LogP contribution in [0.25, 0.3) is 22.3 Å². The van der Waals surface area contributed by atoms with Crippen LogP contribution in [0.2, 0.25) is 0 Å². The van der Waals surface area contributed by atoms with Crippen LogP contribution in [0.1, 0.15) is 36.7 Å². The van der Waals surface area contributed by atoms with Gasteiger partial charge >= 0.3 is 12.1 Å². The lowest BCUT2D eigenvalue weighted by molar-refractivity contribution is -0.141. The second-order valence-electron chi connectivity index (χ2n) is 7.99. The number of pyridine rings is 1. The summed E-state index contributed by atoms with van der Waals surface area (Å²) in [6.45, 7) is 3.82. The summed E-state index contributed by atoms with van der Waals surface area (Å²) in [6, 6.07) is 6.42. The Labute approximate surface area is 201 Å². The molecule has 35 heavy (non-hydrogen) atoms. The first-order chi connectivity index (χ1) is 16.5. The maximum atomic E-state index is 13.9. The first-order valence-electron chi connectivity index (χ1n) is 10.4. The maximum absolute atomic E-state index is 13.9. The van der Waals surface area contributed by atoms with E-state index in [0.29, 0.717) is 38.8 Å². The first kappa shape index (κ1) is 24.6. The molecule has 4 aromatic rings. The molecule has 0 atom stereocenters. The number of nitrogens with zero attached hydrogens (tertiary/aromatic N) is 5. The highest BCUT2D eigenvalue weighted by molar-refractivity contribution is 7.98. The molecule has 12 heteroatoms. The summed E-state index contributed by atoms with van der Waals surface area (Å²) in [5.41, 5.74) is 1.62. The van der Waals surface area contributed by atoms with Crippen LogP contribution >= 0.6 is 11.8 Å². The lowest BCUT2D eigenvalue weighted by Gasteiger charge is -2.07. The minimum Gasteiger partial charge on any atom is -0.481 e. The Morgan fingerprint density at radius 1 is 1.14 bits per heavy atom. The van der Waals surface area contributed by atoms with Crippen molar-refractivity contribution < 1.29 is 27.5 Å². The average Bonchev–Trinajstić information content (AvgIpc) is 3.18. The van der Waals surface area contributed by atoms with Gasteiger partial charge in [0.1, 0.15) is 28.2 Å². The van der Waals surface area contributed by atoms with Gasteiger partial charge in [-0.3, -0.25) is 14.5 Å². The van der Waals surface area contributed by atoms with E-state index in [1.165, 1.54) is 30.0 Å². The average molecular weight is 505 g/mol. The van der Waals surface area contributed by atoms with Crippen molar-refractivity contribution in [3.63, 3.8) is 0 Å². The van der Waals surface area contributed by atoms with Crippen LogP contribution in [0.4, 0.5) is 17.6 Å². The normalized spacial score (nSPS) is 12.0. The Bertz CT molecular complexity index is 1390. The Morgan fingerprint density at radius 3 is 2.54 bits per heavy atom. The zero-order valence-corrected chi connectivity index (χ0v) is 19.4. The number of hydrogen-bond acceptors (Lipinski definition) is 6. The molecule has 0 unspecified atom stereocenters. The Balaban J connectivity index is 1.66. The number of thioether (sulfide) groups is 1. The number of hydrogen-bond donors (Lipinski definition) is 1. The molecule has 0 aliphatic carbocycles. The highest BCUT2D eigenvalue weighted by atomic mass is 32.2. The fraction of sp³-hybridized carbons (Fsp3) is 0.261. The molecule has 0 saturated heterocycles. The number of halogens is 4. The van der Waals surface area contributed by atoms with E-state index < -0.39 is 30.1 Å². The number of aromatic nitrogens is 5. The van der Waals surface area contributed by atoms with Gasteiger partial charge < -0.3 is 5.11 Å². The molecule has 0 bridgehead atoms. The van der Waals surface area contributed by atoms with E-state index in [1.807, 2.05) is 13.8 Å². The Morgan fingerprint density at radius 2 is 1.91 bits per heavy atom. The zero-order chi connectivity index (χ0) is 25.3. The summed E-state index contributed by atoms with van der Waals surface area (Å²) in [7, 11) is 0. The van der Waals surface area contributed by atoms with Crippen LogP contribution in [0, 0.1) is 5.82 Å². The van der Waals surface area contributed by atoms with Gasteiger partial charge in [-0.25, -0.2) is 14.4 Å². The standard InChI is InChI=1S/C23H19F4N5O2S/c1-12(2)32-17-10-29-22(35-11-13-3-5-16(24)15(7-13)8-19(33)34)30-21(17)20(31-32)14-4-6-18(28-9-14)23(25,26)27/h3-7,9-10,12H,8,11H2,1-2H3,(H,33,34). The van der Waals surface area contributed by atoms with Crippen molar-refractivity contribution in [2.24, 2.45) is 0 Å². The smallest absolute Gasteiger partial charge is 0.433 e. The van der Waals surface area contributed by atoms with E-state index in [0.717, 1.165) is 12.3 Å². The molecule has 4 rings (SSSR count). The zero-order valence-electron chi connectivity index (χ0n) is 18.5. The van der Waals surface area contributed by atoms with Crippen molar-refractivity contribution in [2.45, 2.75) is 43.4 Å². The van der Waals surface area contributed by atoms with Gasteiger partial charge in [0.15, 0.2) is 5.16 Å². The third kappa shape index (κ3) is 5.42. The minimum absolute atomic E-state index is 0.0531. The molecule has 0 amide bonds. The fourth-order valence-corrected chi connectivity index (χ4v) is 4.19. The van der Waals surface area contributed by atoms with Crippen molar-refractivity contribution in [1.29, 1.82) is 0 Å². The van der Waals surface area contributed by atoms with Crippen LogP contribution in [0.3, 0.4) is 0 Å². The molecule has 0 spiro atoms. The van der Waals surface area contributed by atoms with E-state index in [9.17, 15) is 22.4 Å². The molecule has 0 saturated carbocycles. The number of carboxylic acid groups (broad SMARTS) is 1. The van der Waals surface area contributed by atoms with Gasteiger partial charge in [0.25, 0.3) is 0 Å². The third-order valence-corrected chi connectivity index (χ3v) is 5.99. The van der Waals surface area contributed by atoms with Crippen LogP contribution in [0.5, 0.6) is 0 Å². The SMILES string of the molecule is CC(C)n1nc(-c2ccc(C(F)(F)F)nc2)c2nc(SCc3ccc(F)c(CC(=O)O)c3)ncc21. The lowest BCUT2D eigenvalue weighted by atomic mass is 10.1. The van der Waals surface area contributed by atoms with Crippen molar-refractivity contribution in [3.05, 3.63) is 65.4 Å². The molecule has 3 aromatic heterocycles. The summed E-state index contributed by atoms with van der Waals surface area (Å²) in [5.74, 6) is -1.36. The summed E-state index contributed by atoms with van der Waals surface area (Å²) in [5, 5.41) is 13.9.